The lowest BCUT2D eigenvalue weighted by Gasteiger charge is -2.38. The number of rotatable bonds is 0. The van der Waals surface area contributed by atoms with Crippen LogP contribution in [0.25, 0.3) is 0 Å². The molecule has 3 heteroatoms. The van der Waals surface area contributed by atoms with E-state index in [1.165, 1.54) is 0 Å². The van der Waals surface area contributed by atoms with E-state index in [1.54, 1.807) is 0 Å². The minimum atomic E-state index is -0.296. The Morgan fingerprint density at radius 3 is 2.75 bits per heavy atom. The van der Waals surface area contributed by atoms with E-state index in [2.05, 4.69) is 11.4 Å². The quantitative estimate of drug-likeness (QED) is 0.487. The van der Waals surface area contributed by atoms with Crippen molar-refractivity contribution < 1.29 is 9.53 Å². The number of piperidine rings is 1. The molecule has 0 amide bonds. The maximum Gasteiger partial charge on any atom is 0.317 e. The Morgan fingerprint density at radius 2 is 1.94 bits per heavy atom. The predicted molar refractivity (Wildman–Crippen MR) is 59.3 cm³/mol. The van der Waals surface area contributed by atoms with E-state index in [4.69, 9.17) is 4.74 Å². The normalized spacial score (nSPS) is 22.6. The molecule has 3 rings (SSSR count). The average Bonchev–Trinajstić information content (AvgIpc) is 2.32. The number of fused-ring (bicyclic) bond motifs is 1. The third-order valence-corrected chi connectivity index (χ3v) is 3.63. The zero-order valence-electron chi connectivity index (χ0n) is 9.11. The van der Waals surface area contributed by atoms with Gasteiger partial charge in [0.05, 0.1) is 5.41 Å². The van der Waals surface area contributed by atoms with Gasteiger partial charge in [0, 0.05) is 13.1 Å². The Morgan fingerprint density at radius 1 is 1.19 bits per heavy atom. The van der Waals surface area contributed by atoms with Crippen molar-refractivity contribution in [3.05, 3.63) is 29.8 Å². The van der Waals surface area contributed by atoms with E-state index in [9.17, 15) is 4.79 Å². The molecule has 3 nitrogen and oxygen atoms in total. The third kappa shape index (κ3) is 1.43. The summed E-state index contributed by atoms with van der Waals surface area (Å²) in [6.07, 6.45) is 2.48. The highest BCUT2D eigenvalue weighted by atomic mass is 16.5. The van der Waals surface area contributed by atoms with Gasteiger partial charge < -0.3 is 4.74 Å². The molecule has 1 spiro atoms. The summed E-state index contributed by atoms with van der Waals surface area (Å²) in [5, 5.41) is 4.31. The van der Waals surface area contributed by atoms with Crippen LogP contribution < -0.4 is 10.1 Å². The molecule has 1 fully saturated rings. The summed E-state index contributed by atoms with van der Waals surface area (Å²) >= 11 is 0. The minimum Gasteiger partial charge on any atom is -0.426 e. The molecular formula is C13H14NO2. The van der Waals surface area contributed by atoms with Crippen LogP contribution in [0.2, 0.25) is 0 Å². The number of benzene rings is 1. The van der Waals surface area contributed by atoms with Crippen LogP contribution in [-0.4, -0.2) is 19.1 Å². The fourth-order valence-electron chi connectivity index (χ4n) is 2.60. The van der Waals surface area contributed by atoms with E-state index in [0.717, 1.165) is 43.7 Å². The van der Waals surface area contributed by atoms with Crippen LogP contribution in [0.4, 0.5) is 0 Å². The van der Waals surface area contributed by atoms with Gasteiger partial charge in [-0.15, -0.1) is 0 Å². The highest BCUT2D eigenvalue weighted by molar-refractivity contribution is 5.82. The van der Waals surface area contributed by atoms with E-state index in [0.29, 0.717) is 0 Å². The van der Waals surface area contributed by atoms with Crippen LogP contribution in [0.3, 0.4) is 0 Å². The van der Waals surface area contributed by atoms with Gasteiger partial charge in [-0.05, 0) is 30.9 Å². The summed E-state index contributed by atoms with van der Waals surface area (Å²) in [4.78, 5) is 12.1. The van der Waals surface area contributed by atoms with Crippen LogP contribution in [-0.2, 0) is 11.2 Å². The van der Waals surface area contributed by atoms with Gasteiger partial charge in [-0.25, -0.2) is 5.32 Å². The minimum absolute atomic E-state index is 0.0545. The number of esters is 1. The Labute approximate surface area is 94.8 Å². The number of hydrogen-bond acceptors (Lipinski definition) is 2. The van der Waals surface area contributed by atoms with Crippen molar-refractivity contribution in [1.29, 1.82) is 0 Å². The van der Waals surface area contributed by atoms with E-state index >= 15 is 0 Å². The zero-order chi connectivity index (χ0) is 11.0. The molecule has 1 aromatic carbocycles. The fraction of sp³-hybridized carbons (Fsp3) is 0.462. The SMILES string of the molecule is O=C1Oc2ccccc2CC12CC[N]CC2. The standard InChI is InChI=1S/C13H14NO2/c15-12-13(5-7-14-8-6-13)9-10-3-1-2-4-11(10)16-12/h1-4H,5-9H2. The highest BCUT2D eigenvalue weighted by Crippen LogP contribution is 2.41. The van der Waals surface area contributed by atoms with Gasteiger partial charge in [0.1, 0.15) is 5.75 Å². The first-order chi connectivity index (χ1) is 7.80. The van der Waals surface area contributed by atoms with Gasteiger partial charge in [0.2, 0.25) is 0 Å². The summed E-state index contributed by atoms with van der Waals surface area (Å²) in [6, 6.07) is 7.82. The van der Waals surface area contributed by atoms with E-state index in [-0.39, 0.29) is 11.4 Å². The third-order valence-electron chi connectivity index (χ3n) is 3.63. The first-order valence-electron chi connectivity index (χ1n) is 5.74. The molecule has 2 aliphatic heterocycles. The second kappa shape index (κ2) is 3.59. The predicted octanol–water partition coefficient (Wildman–Crippen LogP) is 1.53. The molecule has 1 aromatic rings. The van der Waals surface area contributed by atoms with Gasteiger partial charge >= 0.3 is 5.97 Å². The Balaban J connectivity index is 1.97. The number of hydrogen-bond donors (Lipinski definition) is 0. The number of carbonyl (C=O) groups is 1. The van der Waals surface area contributed by atoms with Gasteiger partial charge in [-0.3, -0.25) is 4.79 Å². The number of carbonyl (C=O) groups excluding carboxylic acids is 1. The average molecular weight is 216 g/mol. The van der Waals surface area contributed by atoms with E-state index in [1.807, 2.05) is 18.2 Å². The Hall–Kier alpha value is -1.35. The first kappa shape index (κ1) is 9.85. The summed E-state index contributed by atoms with van der Waals surface area (Å²) < 4.78 is 5.44. The van der Waals surface area contributed by atoms with Crippen molar-refractivity contribution in [2.24, 2.45) is 5.41 Å². The second-order valence-corrected chi connectivity index (χ2v) is 4.63. The van der Waals surface area contributed by atoms with Crippen LogP contribution in [0.1, 0.15) is 18.4 Å². The Kier molecular flexibility index (Phi) is 2.21. The van der Waals surface area contributed by atoms with Crippen molar-refractivity contribution in [2.45, 2.75) is 19.3 Å². The van der Waals surface area contributed by atoms with Gasteiger partial charge in [-0.1, -0.05) is 18.2 Å². The highest BCUT2D eigenvalue weighted by Gasteiger charge is 2.44. The lowest BCUT2D eigenvalue weighted by atomic mass is 9.73. The summed E-state index contributed by atoms with van der Waals surface area (Å²) in [5.74, 6) is 0.682. The molecule has 0 atom stereocenters. The molecule has 0 saturated carbocycles. The molecule has 0 bridgehead atoms. The van der Waals surface area contributed by atoms with Gasteiger partial charge in [0.25, 0.3) is 0 Å². The molecule has 0 aromatic heterocycles. The van der Waals surface area contributed by atoms with Crippen LogP contribution >= 0.6 is 0 Å². The van der Waals surface area contributed by atoms with Crippen LogP contribution in [0.5, 0.6) is 5.75 Å². The fourth-order valence-corrected chi connectivity index (χ4v) is 2.60. The summed E-state index contributed by atoms with van der Waals surface area (Å²) in [5.41, 5.74) is 0.861. The molecule has 2 heterocycles. The van der Waals surface area contributed by atoms with E-state index < -0.39 is 0 Å². The molecule has 0 N–H and O–H groups in total. The molecule has 16 heavy (non-hydrogen) atoms. The van der Waals surface area contributed by atoms with Crippen molar-refractivity contribution >= 4 is 5.97 Å². The molecule has 0 unspecified atom stereocenters. The molecular weight excluding hydrogens is 202 g/mol. The maximum atomic E-state index is 12.1. The first-order valence-corrected chi connectivity index (χ1v) is 5.74. The van der Waals surface area contributed by atoms with Crippen LogP contribution in [0.15, 0.2) is 24.3 Å². The molecule has 0 aliphatic carbocycles. The monoisotopic (exact) mass is 216 g/mol. The number of ether oxygens (including phenoxy) is 1. The van der Waals surface area contributed by atoms with Crippen molar-refractivity contribution in [3.63, 3.8) is 0 Å². The molecule has 1 radical (unpaired) electrons. The van der Waals surface area contributed by atoms with Crippen molar-refractivity contribution in [3.8, 4) is 5.75 Å². The van der Waals surface area contributed by atoms with Gasteiger partial charge in [0.15, 0.2) is 0 Å². The summed E-state index contributed by atoms with van der Waals surface area (Å²) in [6.45, 7) is 1.58. The number of para-hydroxylation sites is 1. The maximum absolute atomic E-state index is 12.1. The molecule has 1 saturated heterocycles. The molecule has 2 aliphatic rings. The smallest absolute Gasteiger partial charge is 0.317 e. The number of nitrogens with zero attached hydrogens (tertiary/aromatic N) is 1. The van der Waals surface area contributed by atoms with Crippen molar-refractivity contribution in [1.82, 2.24) is 5.32 Å². The lowest BCUT2D eigenvalue weighted by Crippen LogP contribution is -2.46. The van der Waals surface area contributed by atoms with Gasteiger partial charge in [-0.2, -0.15) is 0 Å². The summed E-state index contributed by atoms with van der Waals surface area (Å²) in [7, 11) is 0. The zero-order valence-corrected chi connectivity index (χ0v) is 9.11. The van der Waals surface area contributed by atoms with Crippen molar-refractivity contribution in [2.75, 3.05) is 13.1 Å². The largest absolute Gasteiger partial charge is 0.426 e. The topological polar surface area (TPSA) is 40.4 Å². The molecule has 83 valence electrons. The Bertz CT molecular complexity index is 422. The second-order valence-electron chi connectivity index (χ2n) is 4.63. The lowest BCUT2D eigenvalue weighted by molar-refractivity contribution is -0.149. The van der Waals surface area contributed by atoms with Crippen LogP contribution in [0, 0.1) is 5.41 Å².